The summed E-state index contributed by atoms with van der Waals surface area (Å²) < 4.78 is 2.70. The molecule has 3 rings (SSSR count). The second-order valence-corrected chi connectivity index (χ2v) is 8.65. The van der Waals surface area contributed by atoms with Crippen LogP contribution in [0.1, 0.15) is 11.1 Å². The van der Waals surface area contributed by atoms with Crippen LogP contribution in [0.15, 0.2) is 54.5 Å². The fraction of sp³-hybridized carbons (Fsp3) is 0.0625. The van der Waals surface area contributed by atoms with E-state index in [0.717, 1.165) is 5.56 Å². The lowest BCUT2D eigenvalue weighted by atomic mass is 10.1. The fourth-order valence-corrected chi connectivity index (χ4v) is 6.36. The molecule has 22 heavy (non-hydrogen) atoms. The Morgan fingerprint density at radius 2 is 1.77 bits per heavy atom. The summed E-state index contributed by atoms with van der Waals surface area (Å²) >= 11 is 7.15. The summed E-state index contributed by atoms with van der Waals surface area (Å²) in [4.78, 5) is 1.26. The van der Waals surface area contributed by atoms with Crippen LogP contribution in [0.2, 0.25) is 0 Å². The van der Waals surface area contributed by atoms with Crippen LogP contribution < -0.4 is 0 Å². The molecular formula is C16H10N2S4. The van der Waals surface area contributed by atoms with E-state index in [1.165, 1.54) is 18.9 Å². The lowest BCUT2D eigenvalue weighted by Gasteiger charge is -2.04. The molecule has 0 unspecified atom stereocenters. The number of allylic oxidation sites excluding steroid dienone is 1. The van der Waals surface area contributed by atoms with Crippen LogP contribution >= 0.6 is 47.0 Å². The molecule has 0 saturated heterocycles. The molecule has 0 aliphatic carbocycles. The van der Waals surface area contributed by atoms with Crippen molar-refractivity contribution in [3.8, 4) is 6.07 Å². The van der Waals surface area contributed by atoms with Gasteiger partial charge in [-0.1, -0.05) is 71.3 Å². The Bertz CT molecular complexity index is 765. The van der Waals surface area contributed by atoms with Crippen LogP contribution in [0.4, 0.5) is 0 Å². The zero-order valence-corrected chi connectivity index (χ0v) is 14.6. The molecule has 2 heterocycles. The number of hydrogen-bond donors (Lipinski definition) is 1. The third kappa shape index (κ3) is 3.57. The number of rotatable bonds is 3. The van der Waals surface area contributed by atoms with E-state index in [-0.39, 0.29) is 0 Å². The van der Waals surface area contributed by atoms with E-state index in [1.807, 2.05) is 30.0 Å². The van der Waals surface area contributed by atoms with Gasteiger partial charge in [-0.2, -0.15) is 5.26 Å². The number of benzene rings is 1. The minimum absolute atomic E-state index is 0.354. The number of nitrogens with one attached hydrogen (secondary N) is 1. The van der Waals surface area contributed by atoms with E-state index in [9.17, 15) is 0 Å². The van der Waals surface area contributed by atoms with Gasteiger partial charge in [0.1, 0.15) is 6.07 Å². The van der Waals surface area contributed by atoms with E-state index in [0.29, 0.717) is 12.0 Å². The maximum atomic E-state index is 8.85. The SMILES string of the molecule is N#CC(=C=N)Cc1ccc(C2=CSC(=C3SC=CS3)S2)cc1. The number of nitriles is 1. The standard InChI is InChI=1S/C16H10N2S4/c17-8-12(9-18)7-11-1-3-13(4-2-11)14-10-21-16(22-14)15-19-5-6-20-15/h1-6,10,17H,7H2. The molecule has 2 aliphatic rings. The first kappa shape index (κ1) is 15.7. The van der Waals surface area contributed by atoms with Crippen LogP contribution in [0.3, 0.4) is 0 Å². The zero-order chi connectivity index (χ0) is 15.4. The monoisotopic (exact) mass is 358 g/mol. The molecule has 0 atom stereocenters. The van der Waals surface area contributed by atoms with Crippen molar-refractivity contribution in [2.45, 2.75) is 6.42 Å². The topological polar surface area (TPSA) is 47.6 Å². The molecule has 108 valence electrons. The smallest absolute Gasteiger partial charge is 0.105 e. The summed E-state index contributed by atoms with van der Waals surface area (Å²) in [5.41, 5.74) is 2.57. The summed E-state index contributed by atoms with van der Waals surface area (Å²) in [7, 11) is 0. The second kappa shape index (κ2) is 7.36. The van der Waals surface area contributed by atoms with Gasteiger partial charge in [-0.3, -0.25) is 5.41 Å². The summed E-state index contributed by atoms with van der Waals surface area (Å²) in [6.45, 7) is 0. The minimum atomic E-state index is 0.354. The van der Waals surface area contributed by atoms with E-state index in [4.69, 9.17) is 10.7 Å². The Hall–Kier alpha value is -1.22. The summed E-state index contributed by atoms with van der Waals surface area (Å²) in [5.74, 6) is 2.18. The zero-order valence-electron chi connectivity index (χ0n) is 11.3. The molecular weight excluding hydrogens is 348 g/mol. The van der Waals surface area contributed by atoms with Crippen LogP contribution in [0, 0.1) is 16.7 Å². The summed E-state index contributed by atoms with van der Waals surface area (Å²) in [5, 5.41) is 22.3. The Morgan fingerprint density at radius 1 is 1.05 bits per heavy atom. The highest BCUT2D eigenvalue weighted by Gasteiger charge is 2.19. The number of hydrogen-bond acceptors (Lipinski definition) is 6. The van der Waals surface area contributed by atoms with Crippen molar-refractivity contribution in [3.05, 3.63) is 65.7 Å². The van der Waals surface area contributed by atoms with Crippen molar-refractivity contribution in [3.63, 3.8) is 0 Å². The van der Waals surface area contributed by atoms with E-state index >= 15 is 0 Å². The Labute approximate surface area is 146 Å². The van der Waals surface area contributed by atoms with Gasteiger partial charge in [0.05, 0.1) is 14.0 Å². The maximum Gasteiger partial charge on any atom is 0.105 e. The molecule has 0 spiro atoms. The van der Waals surface area contributed by atoms with Gasteiger partial charge < -0.3 is 0 Å². The molecule has 2 aliphatic heterocycles. The molecule has 1 aromatic rings. The van der Waals surface area contributed by atoms with Crippen molar-refractivity contribution in [2.75, 3.05) is 0 Å². The predicted octanol–water partition coefficient (Wildman–Crippen LogP) is 5.78. The van der Waals surface area contributed by atoms with Gasteiger partial charge in [-0.25, -0.2) is 0 Å². The van der Waals surface area contributed by atoms with Crippen molar-refractivity contribution in [2.24, 2.45) is 0 Å². The quantitative estimate of drug-likeness (QED) is 0.548. The molecule has 0 radical (unpaired) electrons. The largest absolute Gasteiger partial charge is 0.258 e. The molecule has 0 bridgehead atoms. The van der Waals surface area contributed by atoms with Gasteiger partial charge in [0.2, 0.25) is 0 Å². The van der Waals surface area contributed by atoms with Gasteiger partial charge in [-0.05, 0) is 33.2 Å². The van der Waals surface area contributed by atoms with Crippen molar-refractivity contribution >= 4 is 57.8 Å². The highest BCUT2D eigenvalue weighted by Crippen LogP contribution is 2.55. The van der Waals surface area contributed by atoms with Crippen molar-refractivity contribution in [1.29, 1.82) is 10.7 Å². The number of thioether (sulfide) groups is 4. The van der Waals surface area contributed by atoms with Gasteiger partial charge in [0.15, 0.2) is 0 Å². The molecule has 2 nitrogen and oxygen atoms in total. The lowest BCUT2D eigenvalue weighted by Crippen LogP contribution is -1.89. The van der Waals surface area contributed by atoms with Crippen molar-refractivity contribution in [1.82, 2.24) is 0 Å². The first-order chi connectivity index (χ1) is 10.8. The minimum Gasteiger partial charge on any atom is -0.258 e. The third-order valence-corrected chi connectivity index (χ3v) is 8.02. The van der Waals surface area contributed by atoms with Gasteiger partial charge in [0.25, 0.3) is 0 Å². The highest BCUT2D eigenvalue weighted by atomic mass is 32.2. The normalized spacial score (nSPS) is 16.4. The van der Waals surface area contributed by atoms with Gasteiger partial charge in [-0.15, -0.1) is 0 Å². The average molecular weight is 359 g/mol. The van der Waals surface area contributed by atoms with Crippen LogP contribution in [-0.4, -0.2) is 5.87 Å². The fourth-order valence-electron chi connectivity index (χ4n) is 1.88. The van der Waals surface area contributed by atoms with Gasteiger partial charge in [0, 0.05) is 11.3 Å². The number of nitrogens with zero attached hydrogens (tertiary/aromatic N) is 1. The lowest BCUT2D eigenvalue weighted by molar-refractivity contribution is 1.21. The van der Waals surface area contributed by atoms with E-state index < -0.39 is 0 Å². The Morgan fingerprint density at radius 3 is 2.41 bits per heavy atom. The van der Waals surface area contributed by atoms with Crippen molar-refractivity contribution < 1.29 is 0 Å². The first-order valence-electron chi connectivity index (χ1n) is 6.35. The highest BCUT2D eigenvalue weighted by molar-refractivity contribution is 8.35. The molecule has 0 fully saturated rings. The van der Waals surface area contributed by atoms with E-state index in [2.05, 4.69) is 34.2 Å². The maximum absolute atomic E-state index is 8.85. The Kier molecular flexibility index (Phi) is 5.24. The molecule has 0 amide bonds. The summed E-state index contributed by atoms with van der Waals surface area (Å²) in [6, 6.07) is 10.2. The first-order valence-corrected chi connectivity index (χ1v) is 9.81. The van der Waals surface area contributed by atoms with Crippen LogP contribution in [-0.2, 0) is 6.42 Å². The molecule has 0 aromatic heterocycles. The molecule has 1 N–H and O–H groups in total. The van der Waals surface area contributed by atoms with Crippen LogP contribution in [0.5, 0.6) is 0 Å². The second-order valence-electron chi connectivity index (χ2n) is 4.37. The van der Waals surface area contributed by atoms with E-state index in [1.54, 1.807) is 35.3 Å². The predicted molar refractivity (Wildman–Crippen MR) is 102 cm³/mol. The van der Waals surface area contributed by atoms with Gasteiger partial charge >= 0.3 is 0 Å². The molecule has 6 heteroatoms. The Balaban J connectivity index is 1.71. The molecule has 0 saturated carbocycles. The summed E-state index contributed by atoms with van der Waals surface area (Å²) in [6.07, 6.45) is 0.468. The third-order valence-electron chi connectivity index (χ3n) is 2.95. The molecule has 1 aromatic carbocycles. The van der Waals surface area contributed by atoms with Crippen LogP contribution in [0.25, 0.3) is 4.91 Å². The average Bonchev–Trinajstić information content (AvgIpc) is 3.24.